The zero-order valence-corrected chi connectivity index (χ0v) is 11.5. The van der Waals surface area contributed by atoms with Crippen molar-refractivity contribution in [3.63, 3.8) is 0 Å². The molecular weight excluding hydrogens is 266 g/mol. The summed E-state index contributed by atoms with van der Waals surface area (Å²) in [5.41, 5.74) is 7.68. The maximum atomic E-state index is 10.9. The first-order valence-corrected chi connectivity index (χ1v) is 7.18. The average molecular weight is 279 g/mol. The zero-order valence-electron chi connectivity index (χ0n) is 9.84. The van der Waals surface area contributed by atoms with Crippen LogP contribution in [-0.2, 0) is 5.75 Å². The Bertz CT molecular complexity index is 578. The minimum atomic E-state index is -0.862. The van der Waals surface area contributed by atoms with E-state index in [9.17, 15) is 4.79 Å². The Balaban J connectivity index is 2.11. The largest absolute Gasteiger partial charge is 0.477 e. The summed E-state index contributed by atoms with van der Waals surface area (Å²) in [7, 11) is 0. The first-order chi connectivity index (χ1) is 8.58. The van der Waals surface area contributed by atoms with E-state index in [0.717, 1.165) is 26.8 Å². The fourth-order valence-electron chi connectivity index (χ4n) is 1.54. The average Bonchev–Trinajstić information content (AvgIpc) is 2.70. The molecule has 3 N–H and O–H groups in total. The van der Waals surface area contributed by atoms with E-state index in [1.54, 1.807) is 17.8 Å². The van der Waals surface area contributed by atoms with Gasteiger partial charge in [0.2, 0.25) is 0 Å². The maximum absolute atomic E-state index is 10.9. The van der Waals surface area contributed by atoms with Crippen LogP contribution in [0.4, 0.5) is 5.69 Å². The van der Waals surface area contributed by atoms with Gasteiger partial charge in [-0.3, -0.25) is 0 Å². The summed E-state index contributed by atoms with van der Waals surface area (Å²) in [5.74, 6) is -0.123. The standard InChI is InChI=1S/C13H13NO2S2/c1-8-9(6-12(18-8)13(15)16)7-17-11-5-3-2-4-10(11)14/h2-6H,7,14H2,1H3,(H,15,16). The molecule has 2 aromatic rings. The fraction of sp³-hybridized carbons (Fsp3) is 0.154. The van der Waals surface area contributed by atoms with E-state index in [1.807, 2.05) is 31.2 Å². The van der Waals surface area contributed by atoms with Crippen LogP contribution in [0.15, 0.2) is 35.2 Å². The Kier molecular flexibility index (Phi) is 3.93. The summed E-state index contributed by atoms with van der Waals surface area (Å²) < 4.78 is 0. The van der Waals surface area contributed by atoms with Crippen molar-refractivity contribution < 1.29 is 9.90 Å². The molecule has 0 bridgehead atoms. The summed E-state index contributed by atoms with van der Waals surface area (Å²) >= 11 is 2.95. The molecule has 1 aromatic carbocycles. The van der Waals surface area contributed by atoms with Gasteiger partial charge in [0.15, 0.2) is 0 Å². The molecule has 18 heavy (non-hydrogen) atoms. The van der Waals surface area contributed by atoms with E-state index in [-0.39, 0.29) is 0 Å². The number of para-hydroxylation sites is 1. The molecule has 2 rings (SSSR count). The van der Waals surface area contributed by atoms with Crippen LogP contribution in [0.5, 0.6) is 0 Å². The number of carboxylic acid groups (broad SMARTS) is 1. The number of hydrogen-bond donors (Lipinski definition) is 2. The molecule has 1 heterocycles. The van der Waals surface area contributed by atoms with Crippen molar-refractivity contribution in [1.29, 1.82) is 0 Å². The van der Waals surface area contributed by atoms with Crippen LogP contribution in [0.1, 0.15) is 20.1 Å². The lowest BCUT2D eigenvalue weighted by atomic mass is 10.3. The van der Waals surface area contributed by atoms with Gasteiger partial charge in [-0.2, -0.15) is 0 Å². The molecular formula is C13H13NO2S2. The van der Waals surface area contributed by atoms with Crippen LogP contribution in [-0.4, -0.2) is 11.1 Å². The number of carboxylic acids is 1. The highest BCUT2D eigenvalue weighted by molar-refractivity contribution is 7.98. The van der Waals surface area contributed by atoms with Gasteiger partial charge in [-0.15, -0.1) is 23.1 Å². The zero-order chi connectivity index (χ0) is 13.1. The number of nitrogens with two attached hydrogens (primary N) is 1. The van der Waals surface area contributed by atoms with E-state index in [4.69, 9.17) is 10.8 Å². The number of thiophene rings is 1. The highest BCUT2D eigenvalue weighted by Crippen LogP contribution is 2.31. The molecule has 0 fully saturated rings. The van der Waals surface area contributed by atoms with Gasteiger partial charge in [0.05, 0.1) is 0 Å². The second-order valence-corrected chi connectivity index (χ2v) is 6.10. The Morgan fingerprint density at radius 2 is 2.17 bits per heavy atom. The predicted octanol–water partition coefficient (Wildman–Crippen LogP) is 3.63. The number of anilines is 1. The molecule has 0 aliphatic carbocycles. The molecule has 0 saturated carbocycles. The minimum Gasteiger partial charge on any atom is -0.477 e. The second kappa shape index (κ2) is 5.46. The minimum absolute atomic E-state index is 0.393. The molecule has 94 valence electrons. The molecule has 0 amide bonds. The molecule has 0 saturated heterocycles. The second-order valence-electron chi connectivity index (χ2n) is 3.82. The van der Waals surface area contributed by atoms with Crippen LogP contribution in [0.25, 0.3) is 0 Å². The highest BCUT2D eigenvalue weighted by Gasteiger charge is 2.11. The highest BCUT2D eigenvalue weighted by atomic mass is 32.2. The maximum Gasteiger partial charge on any atom is 0.345 e. The third-order valence-electron chi connectivity index (χ3n) is 2.53. The van der Waals surface area contributed by atoms with E-state index in [2.05, 4.69) is 0 Å². The lowest BCUT2D eigenvalue weighted by molar-refractivity contribution is 0.0702. The van der Waals surface area contributed by atoms with Crippen molar-refractivity contribution in [2.75, 3.05) is 5.73 Å². The van der Waals surface area contributed by atoms with Crippen LogP contribution in [0.2, 0.25) is 0 Å². The van der Waals surface area contributed by atoms with Crippen molar-refractivity contribution in [2.24, 2.45) is 0 Å². The van der Waals surface area contributed by atoms with E-state index < -0.39 is 5.97 Å². The summed E-state index contributed by atoms with van der Waals surface area (Å²) in [6, 6.07) is 9.43. The van der Waals surface area contributed by atoms with Gasteiger partial charge >= 0.3 is 5.97 Å². The molecule has 0 spiro atoms. The van der Waals surface area contributed by atoms with E-state index in [1.165, 1.54) is 11.3 Å². The van der Waals surface area contributed by atoms with Crippen molar-refractivity contribution in [2.45, 2.75) is 17.6 Å². The van der Waals surface area contributed by atoms with E-state index in [0.29, 0.717) is 4.88 Å². The number of aryl methyl sites for hydroxylation is 1. The monoisotopic (exact) mass is 279 g/mol. The quantitative estimate of drug-likeness (QED) is 0.662. The Hall–Kier alpha value is -1.46. The lowest BCUT2D eigenvalue weighted by Crippen LogP contribution is -1.90. The lowest BCUT2D eigenvalue weighted by Gasteiger charge is -2.04. The Morgan fingerprint density at radius 1 is 1.44 bits per heavy atom. The van der Waals surface area contributed by atoms with Gasteiger partial charge in [0.1, 0.15) is 4.88 Å². The molecule has 3 nitrogen and oxygen atoms in total. The molecule has 0 aliphatic heterocycles. The summed E-state index contributed by atoms with van der Waals surface area (Å²) in [5, 5.41) is 8.94. The van der Waals surface area contributed by atoms with Crippen LogP contribution in [0, 0.1) is 6.92 Å². The predicted molar refractivity (Wildman–Crippen MR) is 76.4 cm³/mol. The topological polar surface area (TPSA) is 63.3 Å². The van der Waals surface area contributed by atoms with E-state index >= 15 is 0 Å². The third kappa shape index (κ3) is 2.86. The number of benzene rings is 1. The van der Waals surface area contributed by atoms with Gasteiger partial charge < -0.3 is 10.8 Å². The summed E-state index contributed by atoms with van der Waals surface area (Å²) in [6.45, 7) is 1.95. The first kappa shape index (κ1) is 13.0. The van der Waals surface area contributed by atoms with Gasteiger partial charge in [0, 0.05) is 21.2 Å². The van der Waals surface area contributed by atoms with Gasteiger partial charge in [-0.05, 0) is 30.7 Å². The molecule has 5 heteroatoms. The SMILES string of the molecule is Cc1sc(C(=O)O)cc1CSc1ccccc1N. The van der Waals surface area contributed by atoms with Gasteiger partial charge in [0.25, 0.3) is 0 Å². The van der Waals surface area contributed by atoms with Crippen LogP contribution >= 0.6 is 23.1 Å². The van der Waals surface area contributed by atoms with Crippen LogP contribution < -0.4 is 5.73 Å². The number of rotatable bonds is 4. The van der Waals surface area contributed by atoms with Crippen molar-refractivity contribution in [3.8, 4) is 0 Å². The Labute approximate surface area is 114 Å². The summed E-state index contributed by atoms with van der Waals surface area (Å²) in [6.07, 6.45) is 0. The van der Waals surface area contributed by atoms with Crippen molar-refractivity contribution in [3.05, 3.63) is 45.6 Å². The number of thioether (sulfide) groups is 1. The number of aromatic carboxylic acids is 1. The molecule has 0 unspecified atom stereocenters. The van der Waals surface area contributed by atoms with Crippen molar-refractivity contribution in [1.82, 2.24) is 0 Å². The van der Waals surface area contributed by atoms with Gasteiger partial charge in [-0.25, -0.2) is 4.79 Å². The van der Waals surface area contributed by atoms with Crippen molar-refractivity contribution >= 4 is 34.8 Å². The molecule has 0 atom stereocenters. The van der Waals surface area contributed by atoms with Gasteiger partial charge in [-0.1, -0.05) is 12.1 Å². The summed E-state index contributed by atoms with van der Waals surface area (Å²) in [4.78, 5) is 13.3. The molecule has 1 aromatic heterocycles. The molecule has 0 aliphatic rings. The number of nitrogen functional groups attached to an aromatic ring is 1. The molecule has 0 radical (unpaired) electrons. The first-order valence-electron chi connectivity index (χ1n) is 5.38. The third-order valence-corrected chi connectivity index (χ3v) is 4.75. The van der Waals surface area contributed by atoms with Crippen LogP contribution in [0.3, 0.4) is 0 Å². The smallest absolute Gasteiger partial charge is 0.345 e. The fourth-order valence-corrected chi connectivity index (χ4v) is 3.53. The number of hydrogen-bond acceptors (Lipinski definition) is 4. The number of carbonyl (C=O) groups is 1. The Morgan fingerprint density at radius 3 is 2.78 bits per heavy atom. The normalized spacial score (nSPS) is 10.5.